The Balaban J connectivity index is 2.08. The van der Waals surface area contributed by atoms with Gasteiger partial charge in [-0.05, 0) is 67.9 Å². The molecule has 0 fully saturated rings. The first-order chi connectivity index (χ1) is 9.06. The van der Waals surface area contributed by atoms with Gasteiger partial charge in [-0.3, -0.25) is 0 Å². The van der Waals surface area contributed by atoms with Crippen molar-refractivity contribution in [3.8, 4) is 0 Å². The van der Waals surface area contributed by atoms with Gasteiger partial charge in [-0.2, -0.15) is 0 Å². The highest BCUT2D eigenvalue weighted by atomic mass is 32.1. The van der Waals surface area contributed by atoms with E-state index in [-0.39, 0.29) is 0 Å². The first kappa shape index (κ1) is 13.6. The molecule has 0 bridgehead atoms. The summed E-state index contributed by atoms with van der Waals surface area (Å²) in [5.41, 5.74) is 5.73. The Morgan fingerprint density at radius 3 is 2.42 bits per heavy atom. The summed E-state index contributed by atoms with van der Waals surface area (Å²) in [6, 6.07) is 14.3. The molecule has 19 heavy (non-hydrogen) atoms. The maximum Gasteiger partial charge on any atom is 0.175 e. The van der Waals surface area contributed by atoms with Crippen molar-refractivity contribution in [3.63, 3.8) is 0 Å². The quantitative estimate of drug-likeness (QED) is 0.790. The van der Waals surface area contributed by atoms with E-state index in [1.165, 1.54) is 16.7 Å². The molecule has 0 atom stereocenters. The van der Waals surface area contributed by atoms with Gasteiger partial charge in [0.25, 0.3) is 0 Å². The predicted molar refractivity (Wildman–Crippen MR) is 86.9 cm³/mol. The van der Waals surface area contributed by atoms with E-state index in [4.69, 9.17) is 12.2 Å². The number of thiocarbonyl (C=S) groups is 1. The van der Waals surface area contributed by atoms with Crippen molar-refractivity contribution in [2.24, 2.45) is 0 Å². The third kappa shape index (κ3) is 3.55. The molecule has 3 heteroatoms. The summed E-state index contributed by atoms with van der Waals surface area (Å²) in [6.45, 7) is 6.25. The lowest BCUT2D eigenvalue weighted by Crippen LogP contribution is -2.19. The van der Waals surface area contributed by atoms with E-state index in [9.17, 15) is 0 Å². The van der Waals surface area contributed by atoms with E-state index in [0.29, 0.717) is 5.11 Å². The number of nitrogens with one attached hydrogen (secondary N) is 2. The molecule has 0 radical (unpaired) electrons. The predicted octanol–water partition coefficient (Wildman–Crippen LogP) is 4.42. The highest BCUT2D eigenvalue weighted by Gasteiger charge is 2.03. The minimum Gasteiger partial charge on any atom is -0.332 e. The van der Waals surface area contributed by atoms with Crippen LogP contribution in [0.3, 0.4) is 0 Å². The van der Waals surface area contributed by atoms with E-state index in [2.05, 4.69) is 49.6 Å². The monoisotopic (exact) mass is 270 g/mol. The molecule has 0 spiro atoms. The lowest BCUT2D eigenvalue weighted by molar-refractivity contribution is 1.34. The lowest BCUT2D eigenvalue weighted by atomic mass is 10.1. The Morgan fingerprint density at radius 2 is 1.68 bits per heavy atom. The number of aryl methyl sites for hydroxylation is 2. The minimum absolute atomic E-state index is 0.610. The molecular weight excluding hydrogens is 252 g/mol. The van der Waals surface area contributed by atoms with Gasteiger partial charge in [-0.25, -0.2) is 0 Å². The molecule has 0 aromatic heterocycles. The van der Waals surface area contributed by atoms with Crippen LogP contribution in [0.15, 0.2) is 42.5 Å². The summed E-state index contributed by atoms with van der Waals surface area (Å²) in [6.07, 6.45) is 0. The molecule has 2 N–H and O–H groups in total. The maximum absolute atomic E-state index is 5.34. The fourth-order valence-electron chi connectivity index (χ4n) is 1.89. The fraction of sp³-hybridized carbons (Fsp3) is 0.188. The SMILES string of the molecule is Cc1cccc(NC(=S)Nc2cccc(C)c2C)c1. The molecule has 0 aliphatic carbocycles. The average Bonchev–Trinajstić information content (AvgIpc) is 2.35. The minimum atomic E-state index is 0.610. The molecule has 2 nitrogen and oxygen atoms in total. The van der Waals surface area contributed by atoms with Crippen LogP contribution in [0, 0.1) is 20.8 Å². The van der Waals surface area contributed by atoms with E-state index in [1.807, 2.05) is 24.3 Å². The Labute approximate surface area is 119 Å². The maximum atomic E-state index is 5.34. The van der Waals surface area contributed by atoms with Crippen molar-refractivity contribution in [3.05, 3.63) is 59.2 Å². The molecule has 98 valence electrons. The van der Waals surface area contributed by atoms with Gasteiger partial charge in [0, 0.05) is 11.4 Å². The Hall–Kier alpha value is -1.87. The van der Waals surface area contributed by atoms with Crippen LogP contribution in [0.2, 0.25) is 0 Å². The molecule has 0 unspecified atom stereocenters. The first-order valence-electron chi connectivity index (χ1n) is 6.27. The van der Waals surface area contributed by atoms with Gasteiger partial charge < -0.3 is 10.6 Å². The standard InChI is InChI=1S/C16H18N2S/c1-11-6-4-8-14(10-11)17-16(19)18-15-9-5-7-12(2)13(15)3/h4-10H,1-3H3,(H2,17,18,19). The summed E-state index contributed by atoms with van der Waals surface area (Å²) in [5, 5.41) is 7.05. The zero-order valence-electron chi connectivity index (χ0n) is 11.4. The zero-order valence-corrected chi connectivity index (χ0v) is 12.3. The molecule has 0 saturated heterocycles. The summed E-state index contributed by atoms with van der Waals surface area (Å²) in [7, 11) is 0. The van der Waals surface area contributed by atoms with Crippen LogP contribution in [0.25, 0.3) is 0 Å². The van der Waals surface area contributed by atoms with Crippen molar-refractivity contribution in [1.82, 2.24) is 0 Å². The van der Waals surface area contributed by atoms with Gasteiger partial charge in [0.15, 0.2) is 5.11 Å². The number of rotatable bonds is 2. The number of hydrogen-bond donors (Lipinski definition) is 2. The van der Waals surface area contributed by atoms with Crippen molar-refractivity contribution in [2.45, 2.75) is 20.8 Å². The van der Waals surface area contributed by atoms with Crippen LogP contribution in [0.5, 0.6) is 0 Å². The Morgan fingerprint density at radius 1 is 0.947 bits per heavy atom. The van der Waals surface area contributed by atoms with Crippen LogP contribution < -0.4 is 10.6 Å². The fourth-order valence-corrected chi connectivity index (χ4v) is 2.12. The van der Waals surface area contributed by atoms with Crippen molar-refractivity contribution >= 4 is 28.7 Å². The highest BCUT2D eigenvalue weighted by Crippen LogP contribution is 2.18. The molecular formula is C16H18N2S. The van der Waals surface area contributed by atoms with Gasteiger partial charge in [0.05, 0.1) is 0 Å². The van der Waals surface area contributed by atoms with E-state index >= 15 is 0 Å². The Kier molecular flexibility index (Phi) is 4.17. The van der Waals surface area contributed by atoms with Crippen LogP contribution >= 0.6 is 12.2 Å². The van der Waals surface area contributed by atoms with Gasteiger partial charge in [-0.15, -0.1) is 0 Å². The molecule has 0 aliphatic rings. The molecule has 0 amide bonds. The molecule has 2 rings (SSSR count). The molecule has 0 aliphatic heterocycles. The molecule has 2 aromatic carbocycles. The summed E-state index contributed by atoms with van der Waals surface area (Å²) in [4.78, 5) is 0. The second kappa shape index (κ2) is 5.85. The van der Waals surface area contributed by atoms with Crippen molar-refractivity contribution < 1.29 is 0 Å². The van der Waals surface area contributed by atoms with Gasteiger partial charge in [0.2, 0.25) is 0 Å². The second-order valence-corrected chi connectivity index (χ2v) is 5.10. The third-order valence-electron chi connectivity index (χ3n) is 3.13. The summed E-state index contributed by atoms with van der Waals surface area (Å²) < 4.78 is 0. The second-order valence-electron chi connectivity index (χ2n) is 4.70. The van der Waals surface area contributed by atoms with E-state index in [1.54, 1.807) is 0 Å². The third-order valence-corrected chi connectivity index (χ3v) is 3.33. The van der Waals surface area contributed by atoms with Crippen LogP contribution in [-0.4, -0.2) is 5.11 Å². The normalized spacial score (nSPS) is 10.1. The summed E-state index contributed by atoms with van der Waals surface area (Å²) in [5.74, 6) is 0. The number of benzene rings is 2. The smallest absolute Gasteiger partial charge is 0.175 e. The highest BCUT2D eigenvalue weighted by molar-refractivity contribution is 7.80. The molecule has 2 aromatic rings. The number of hydrogen-bond acceptors (Lipinski definition) is 1. The molecule has 0 heterocycles. The van der Waals surface area contributed by atoms with Crippen molar-refractivity contribution in [1.29, 1.82) is 0 Å². The van der Waals surface area contributed by atoms with Gasteiger partial charge in [-0.1, -0.05) is 24.3 Å². The molecule has 0 saturated carbocycles. The average molecular weight is 270 g/mol. The first-order valence-corrected chi connectivity index (χ1v) is 6.68. The lowest BCUT2D eigenvalue weighted by Gasteiger charge is -2.14. The van der Waals surface area contributed by atoms with Crippen LogP contribution in [0.4, 0.5) is 11.4 Å². The Bertz CT molecular complexity index is 605. The van der Waals surface area contributed by atoms with Crippen LogP contribution in [-0.2, 0) is 0 Å². The summed E-state index contributed by atoms with van der Waals surface area (Å²) >= 11 is 5.34. The van der Waals surface area contributed by atoms with Gasteiger partial charge >= 0.3 is 0 Å². The van der Waals surface area contributed by atoms with E-state index in [0.717, 1.165) is 11.4 Å². The largest absolute Gasteiger partial charge is 0.332 e. The van der Waals surface area contributed by atoms with Crippen LogP contribution in [0.1, 0.15) is 16.7 Å². The van der Waals surface area contributed by atoms with Crippen molar-refractivity contribution in [2.75, 3.05) is 10.6 Å². The number of anilines is 2. The topological polar surface area (TPSA) is 24.1 Å². The van der Waals surface area contributed by atoms with Gasteiger partial charge in [0.1, 0.15) is 0 Å². The van der Waals surface area contributed by atoms with E-state index < -0.39 is 0 Å². The zero-order chi connectivity index (χ0) is 13.8.